The molecule has 1 aromatic carbocycles. The van der Waals surface area contributed by atoms with E-state index in [1.807, 2.05) is 42.6 Å². The number of rotatable bonds is 6. The fraction of sp³-hybridized carbons (Fsp3) is 0.294. The van der Waals surface area contributed by atoms with Gasteiger partial charge in [-0.2, -0.15) is 5.26 Å². The van der Waals surface area contributed by atoms with Crippen molar-refractivity contribution in [3.05, 3.63) is 59.9 Å². The van der Waals surface area contributed by atoms with Crippen LogP contribution in [0.1, 0.15) is 37.1 Å². The minimum atomic E-state index is 0.0746. The summed E-state index contributed by atoms with van der Waals surface area (Å²) >= 11 is 0. The van der Waals surface area contributed by atoms with Gasteiger partial charge in [-0.25, -0.2) is 0 Å². The number of benzene rings is 1. The largest absolute Gasteiger partial charge is 0.479 e. The summed E-state index contributed by atoms with van der Waals surface area (Å²) in [5, 5.41) is 12.0. The van der Waals surface area contributed by atoms with Crippen molar-refractivity contribution < 1.29 is 4.74 Å². The number of aromatic nitrogens is 1. The minimum absolute atomic E-state index is 0.0746. The van der Waals surface area contributed by atoms with E-state index < -0.39 is 0 Å². The van der Waals surface area contributed by atoms with Crippen molar-refractivity contribution in [2.45, 2.75) is 25.9 Å². The highest BCUT2D eigenvalue weighted by atomic mass is 16.5. The molecule has 0 saturated carbocycles. The second kappa shape index (κ2) is 7.41. The lowest BCUT2D eigenvalue weighted by atomic mass is 10.1. The molecule has 0 bridgehead atoms. The summed E-state index contributed by atoms with van der Waals surface area (Å²) in [6.45, 7) is 4.32. The average Bonchev–Trinajstić information content (AvgIpc) is 2.54. The van der Waals surface area contributed by atoms with Crippen LogP contribution in [-0.2, 0) is 0 Å². The lowest BCUT2D eigenvalue weighted by Crippen LogP contribution is -2.22. The lowest BCUT2D eigenvalue weighted by molar-refractivity contribution is 0.368. The van der Waals surface area contributed by atoms with Crippen molar-refractivity contribution in [2.24, 2.45) is 0 Å². The Bertz CT molecular complexity index is 590. The van der Waals surface area contributed by atoms with E-state index in [1.165, 1.54) is 11.1 Å². The third kappa shape index (κ3) is 4.30. The van der Waals surface area contributed by atoms with E-state index in [-0.39, 0.29) is 18.7 Å². The number of ether oxygens (including phenoxy) is 1. The molecule has 0 aliphatic rings. The molecule has 2 rings (SSSR count). The number of nitrogens with one attached hydrogen (secondary N) is 1. The highest BCUT2D eigenvalue weighted by Crippen LogP contribution is 2.21. The predicted octanol–water partition coefficient (Wildman–Crippen LogP) is 3.40. The van der Waals surface area contributed by atoms with Crippen LogP contribution >= 0.6 is 0 Å². The highest BCUT2D eigenvalue weighted by molar-refractivity contribution is 5.29. The van der Waals surface area contributed by atoms with Crippen LogP contribution in [0.25, 0.3) is 0 Å². The van der Waals surface area contributed by atoms with Gasteiger partial charge in [0.05, 0.1) is 0 Å². The Morgan fingerprint density at radius 3 is 2.48 bits per heavy atom. The van der Waals surface area contributed by atoms with Crippen molar-refractivity contribution in [2.75, 3.05) is 6.61 Å². The Labute approximate surface area is 125 Å². The van der Waals surface area contributed by atoms with E-state index in [9.17, 15) is 0 Å². The van der Waals surface area contributed by atoms with Crippen LogP contribution in [0.5, 0.6) is 5.75 Å². The molecule has 21 heavy (non-hydrogen) atoms. The van der Waals surface area contributed by atoms with Crippen LogP contribution in [0, 0.1) is 11.3 Å². The average molecular weight is 281 g/mol. The zero-order chi connectivity index (χ0) is 15.1. The zero-order valence-electron chi connectivity index (χ0n) is 12.3. The molecule has 0 radical (unpaired) electrons. The number of nitriles is 1. The third-order valence-electron chi connectivity index (χ3n) is 3.37. The molecule has 4 nitrogen and oxygen atoms in total. The summed E-state index contributed by atoms with van der Waals surface area (Å²) in [4.78, 5) is 4.14. The molecule has 1 heterocycles. The maximum absolute atomic E-state index is 8.49. The zero-order valence-corrected chi connectivity index (χ0v) is 12.3. The molecule has 1 aromatic heterocycles. The van der Waals surface area contributed by atoms with Crippen LogP contribution in [0.3, 0.4) is 0 Å². The van der Waals surface area contributed by atoms with Gasteiger partial charge in [-0.15, -0.1) is 0 Å². The summed E-state index contributed by atoms with van der Waals surface area (Å²) < 4.78 is 5.25. The molecule has 0 saturated heterocycles. The smallest absolute Gasteiger partial charge is 0.174 e. The molecule has 108 valence electrons. The summed E-state index contributed by atoms with van der Waals surface area (Å²) in [5.74, 6) is 0.716. The Hall–Kier alpha value is -2.38. The van der Waals surface area contributed by atoms with Crippen molar-refractivity contribution in [1.82, 2.24) is 10.3 Å². The maximum Gasteiger partial charge on any atom is 0.174 e. The molecule has 0 amide bonds. The number of hydrogen-bond donors (Lipinski definition) is 1. The molecule has 4 heteroatoms. The van der Waals surface area contributed by atoms with Gasteiger partial charge in [-0.05, 0) is 43.2 Å². The molecule has 0 fully saturated rings. The van der Waals surface area contributed by atoms with Crippen molar-refractivity contribution >= 4 is 0 Å². The van der Waals surface area contributed by atoms with E-state index >= 15 is 0 Å². The van der Waals surface area contributed by atoms with Gasteiger partial charge >= 0.3 is 0 Å². The lowest BCUT2D eigenvalue weighted by Gasteiger charge is -2.20. The van der Waals surface area contributed by atoms with E-state index in [1.54, 1.807) is 6.20 Å². The maximum atomic E-state index is 8.49. The summed E-state index contributed by atoms with van der Waals surface area (Å²) in [7, 11) is 0. The van der Waals surface area contributed by atoms with Gasteiger partial charge in [0, 0.05) is 24.5 Å². The van der Waals surface area contributed by atoms with Crippen molar-refractivity contribution in [3.63, 3.8) is 0 Å². The summed E-state index contributed by atoms with van der Waals surface area (Å²) in [6, 6.07) is 14.2. The van der Waals surface area contributed by atoms with Crippen LogP contribution < -0.4 is 10.1 Å². The second-order valence-corrected chi connectivity index (χ2v) is 4.91. The Balaban J connectivity index is 1.97. The van der Waals surface area contributed by atoms with Gasteiger partial charge in [-0.3, -0.25) is 4.98 Å². The summed E-state index contributed by atoms with van der Waals surface area (Å²) in [6.07, 6.45) is 3.66. The van der Waals surface area contributed by atoms with Gasteiger partial charge in [0.15, 0.2) is 6.61 Å². The first-order chi connectivity index (χ1) is 10.2. The first-order valence-electron chi connectivity index (χ1n) is 6.96. The fourth-order valence-electron chi connectivity index (χ4n) is 2.17. The molecule has 0 aliphatic carbocycles. The molecule has 2 aromatic rings. The standard InChI is InChI=1S/C17H19N3O/c1-13(20-14(2)16-4-3-10-19-12-16)15-5-7-17(8-6-15)21-11-9-18/h3-8,10,12-14,20H,11H2,1-2H3. The monoisotopic (exact) mass is 281 g/mol. The molecule has 0 spiro atoms. The van der Waals surface area contributed by atoms with Gasteiger partial charge in [0.25, 0.3) is 0 Å². The van der Waals surface area contributed by atoms with Crippen molar-refractivity contribution in [1.29, 1.82) is 5.26 Å². The van der Waals surface area contributed by atoms with Gasteiger partial charge < -0.3 is 10.1 Å². The number of nitrogens with zero attached hydrogens (tertiary/aromatic N) is 2. The Kier molecular flexibility index (Phi) is 5.30. The Morgan fingerprint density at radius 1 is 1.14 bits per heavy atom. The second-order valence-electron chi connectivity index (χ2n) is 4.91. The van der Waals surface area contributed by atoms with E-state index in [2.05, 4.69) is 30.2 Å². The van der Waals surface area contributed by atoms with E-state index in [0.717, 1.165) is 0 Å². The summed E-state index contributed by atoms with van der Waals surface area (Å²) in [5.41, 5.74) is 2.34. The van der Waals surface area contributed by atoms with Crippen LogP contribution in [0.4, 0.5) is 0 Å². The molecule has 1 N–H and O–H groups in total. The molecule has 2 atom stereocenters. The number of hydrogen-bond acceptors (Lipinski definition) is 4. The third-order valence-corrected chi connectivity index (χ3v) is 3.37. The van der Waals surface area contributed by atoms with Crippen molar-refractivity contribution in [3.8, 4) is 11.8 Å². The van der Waals surface area contributed by atoms with E-state index in [0.29, 0.717) is 5.75 Å². The SMILES string of the molecule is CC(NC(C)c1cccnc1)c1ccc(OCC#N)cc1. The first-order valence-corrected chi connectivity index (χ1v) is 6.96. The van der Waals surface area contributed by atoms with Crippen LogP contribution in [0.15, 0.2) is 48.8 Å². The van der Waals surface area contributed by atoms with Gasteiger partial charge in [0.2, 0.25) is 0 Å². The van der Waals surface area contributed by atoms with Gasteiger partial charge in [-0.1, -0.05) is 18.2 Å². The molecular weight excluding hydrogens is 262 g/mol. The number of pyridine rings is 1. The quantitative estimate of drug-likeness (QED) is 0.881. The topological polar surface area (TPSA) is 57.9 Å². The molecule has 2 unspecified atom stereocenters. The molecule has 0 aliphatic heterocycles. The fourth-order valence-corrected chi connectivity index (χ4v) is 2.17. The van der Waals surface area contributed by atoms with Crippen LogP contribution in [0.2, 0.25) is 0 Å². The van der Waals surface area contributed by atoms with Crippen LogP contribution in [-0.4, -0.2) is 11.6 Å². The minimum Gasteiger partial charge on any atom is -0.479 e. The first kappa shape index (κ1) is 15.0. The molecular formula is C17H19N3O. The highest BCUT2D eigenvalue weighted by Gasteiger charge is 2.11. The predicted molar refractivity (Wildman–Crippen MR) is 81.8 cm³/mol. The normalized spacial score (nSPS) is 13.2. The van der Waals surface area contributed by atoms with Gasteiger partial charge in [0.1, 0.15) is 11.8 Å². The van der Waals surface area contributed by atoms with E-state index in [4.69, 9.17) is 10.00 Å². The Morgan fingerprint density at radius 2 is 1.86 bits per heavy atom.